The summed E-state index contributed by atoms with van der Waals surface area (Å²) in [5.74, 6) is 0.431. The number of rotatable bonds is 6. The van der Waals surface area contributed by atoms with E-state index in [0.717, 1.165) is 0 Å². The van der Waals surface area contributed by atoms with E-state index < -0.39 is 11.7 Å². The molecule has 0 saturated heterocycles. The summed E-state index contributed by atoms with van der Waals surface area (Å²) in [5, 5.41) is 2.53. The molecule has 132 valence electrons. The maximum atomic E-state index is 13.1. The fourth-order valence-corrected chi connectivity index (χ4v) is 2.36. The summed E-state index contributed by atoms with van der Waals surface area (Å²) in [6.45, 7) is 0. The van der Waals surface area contributed by atoms with Gasteiger partial charge >= 0.3 is 0 Å². The van der Waals surface area contributed by atoms with Crippen LogP contribution >= 0.6 is 11.6 Å². The standard InChI is InChI=1S/C18H17ClFNO4/c1-23-15-8-4-11(17(24-2)18(15)25-3)5-9-16(22)21-12-6-7-14(20)13(19)10-12/h4-10H,1-3H3,(H,21,22)/b9-5+. The van der Waals surface area contributed by atoms with Crippen molar-refractivity contribution in [2.45, 2.75) is 0 Å². The molecule has 2 aromatic carbocycles. The van der Waals surface area contributed by atoms with Gasteiger partial charge in [0.2, 0.25) is 11.7 Å². The number of carbonyl (C=O) groups is 1. The Morgan fingerprint density at radius 1 is 1.08 bits per heavy atom. The molecule has 0 saturated carbocycles. The van der Waals surface area contributed by atoms with Crippen molar-refractivity contribution in [2.24, 2.45) is 0 Å². The predicted octanol–water partition coefficient (Wildman–Crippen LogP) is 4.16. The highest BCUT2D eigenvalue weighted by Crippen LogP contribution is 2.40. The number of methoxy groups -OCH3 is 3. The molecular formula is C18H17ClFNO4. The molecule has 0 aliphatic carbocycles. The first-order valence-corrected chi connectivity index (χ1v) is 7.61. The van der Waals surface area contributed by atoms with Crippen molar-refractivity contribution < 1.29 is 23.4 Å². The maximum absolute atomic E-state index is 13.1. The number of anilines is 1. The van der Waals surface area contributed by atoms with Crippen molar-refractivity contribution in [3.05, 3.63) is 52.8 Å². The van der Waals surface area contributed by atoms with E-state index in [-0.39, 0.29) is 5.02 Å². The third-order valence-corrected chi connectivity index (χ3v) is 3.63. The third kappa shape index (κ3) is 4.42. The molecule has 7 heteroatoms. The number of carbonyl (C=O) groups excluding carboxylic acids is 1. The Kier molecular flexibility index (Phi) is 6.25. The minimum atomic E-state index is -0.551. The normalized spacial score (nSPS) is 10.6. The molecule has 0 aromatic heterocycles. The molecule has 0 fully saturated rings. The van der Waals surface area contributed by atoms with Crippen LogP contribution in [0.3, 0.4) is 0 Å². The average Bonchev–Trinajstić information content (AvgIpc) is 2.61. The highest BCUT2D eigenvalue weighted by Gasteiger charge is 2.14. The Morgan fingerprint density at radius 2 is 1.80 bits per heavy atom. The molecule has 0 bridgehead atoms. The number of hydrogen-bond donors (Lipinski definition) is 1. The average molecular weight is 366 g/mol. The summed E-state index contributed by atoms with van der Waals surface area (Å²) < 4.78 is 29.0. The lowest BCUT2D eigenvalue weighted by molar-refractivity contribution is -0.111. The van der Waals surface area contributed by atoms with Gasteiger partial charge in [0.05, 0.1) is 26.4 Å². The maximum Gasteiger partial charge on any atom is 0.248 e. The van der Waals surface area contributed by atoms with E-state index in [1.807, 2.05) is 0 Å². The van der Waals surface area contributed by atoms with Gasteiger partial charge in [0.15, 0.2) is 11.5 Å². The second-order valence-corrected chi connectivity index (χ2v) is 5.28. The van der Waals surface area contributed by atoms with Crippen molar-refractivity contribution in [3.63, 3.8) is 0 Å². The van der Waals surface area contributed by atoms with Crippen molar-refractivity contribution in [2.75, 3.05) is 26.6 Å². The van der Waals surface area contributed by atoms with Crippen LogP contribution in [0.1, 0.15) is 5.56 Å². The second-order valence-electron chi connectivity index (χ2n) is 4.88. The lowest BCUT2D eigenvalue weighted by Gasteiger charge is -2.14. The van der Waals surface area contributed by atoms with E-state index in [1.165, 1.54) is 45.6 Å². The van der Waals surface area contributed by atoms with E-state index >= 15 is 0 Å². The second kappa shape index (κ2) is 8.39. The Morgan fingerprint density at radius 3 is 2.40 bits per heavy atom. The summed E-state index contributed by atoms with van der Waals surface area (Å²) in [5.41, 5.74) is 1.02. The van der Waals surface area contributed by atoms with E-state index in [9.17, 15) is 9.18 Å². The Bertz CT molecular complexity index is 808. The van der Waals surface area contributed by atoms with Gasteiger partial charge in [-0.05, 0) is 36.4 Å². The van der Waals surface area contributed by atoms with Gasteiger partial charge in [0.1, 0.15) is 5.82 Å². The molecule has 2 rings (SSSR count). The molecule has 0 spiro atoms. The van der Waals surface area contributed by atoms with Crippen LogP contribution < -0.4 is 19.5 Å². The number of amides is 1. The minimum absolute atomic E-state index is 0.0664. The monoisotopic (exact) mass is 365 g/mol. The molecule has 25 heavy (non-hydrogen) atoms. The van der Waals surface area contributed by atoms with Crippen LogP contribution in [0.4, 0.5) is 10.1 Å². The van der Waals surface area contributed by atoms with Gasteiger partial charge in [-0.1, -0.05) is 11.6 Å². The first kappa shape index (κ1) is 18.6. The summed E-state index contributed by atoms with van der Waals surface area (Å²) >= 11 is 5.69. The number of hydrogen-bond acceptors (Lipinski definition) is 4. The zero-order valence-corrected chi connectivity index (χ0v) is 14.7. The summed E-state index contributed by atoms with van der Waals surface area (Å²) in [6.07, 6.45) is 2.89. The SMILES string of the molecule is COc1ccc(/C=C/C(=O)Nc2ccc(F)c(Cl)c2)c(OC)c1OC. The molecule has 0 heterocycles. The van der Waals surface area contributed by atoms with E-state index in [4.69, 9.17) is 25.8 Å². The quantitative estimate of drug-likeness (QED) is 0.781. The summed E-state index contributed by atoms with van der Waals surface area (Å²) in [4.78, 5) is 12.0. The van der Waals surface area contributed by atoms with Crippen molar-refractivity contribution in [1.82, 2.24) is 0 Å². The summed E-state index contributed by atoms with van der Waals surface area (Å²) in [7, 11) is 4.52. The van der Waals surface area contributed by atoms with Crippen LogP contribution in [0, 0.1) is 5.82 Å². The first-order valence-electron chi connectivity index (χ1n) is 7.23. The fraction of sp³-hybridized carbons (Fsp3) is 0.167. The van der Waals surface area contributed by atoms with Gasteiger partial charge in [0.25, 0.3) is 0 Å². The van der Waals surface area contributed by atoms with E-state index in [2.05, 4.69) is 5.32 Å². The highest BCUT2D eigenvalue weighted by atomic mass is 35.5. The van der Waals surface area contributed by atoms with Crippen molar-refractivity contribution in [3.8, 4) is 17.2 Å². The molecule has 1 amide bonds. The number of ether oxygens (including phenoxy) is 3. The van der Waals surface area contributed by atoms with Gasteiger partial charge < -0.3 is 19.5 Å². The highest BCUT2D eigenvalue weighted by molar-refractivity contribution is 6.31. The van der Waals surface area contributed by atoms with Gasteiger partial charge in [-0.2, -0.15) is 0 Å². The number of benzene rings is 2. The van der Waals surface area contributed by atoms with E-state index in [1.54, 1.807) is 18.2 Å². The van der Waals surface area contributed by atoms with Crippen LogP contribution in [0.5, 0.6) is 17.2 Å². The van der Waals surface area contributed by atoms with Gasteiger partial charge in [-0.3, -0.25) is 4.79 Å². The van der Waals surface area contributed by atoms with Gasteiger partial charge in [-0.15, -0.1) is 0 Å². The van der Waals surface area contributed by atoms with Crippen LogP contribution in [-0.4, -0.2) is 27.2 Å². The van der Waals surface area contributed by atoms with Crippen molar-refractivity contribution >= 4 is 29.3 Å². The Balaban J connectivity index is 2.20. The van der Waals surface area contributed by atoms with Gasteiger partial charge in [0, 0.05) is 17.3 Å². The van der Waals surface area contributed by atoms with Crippen molar-refractivity contribution in [1.29, 1.82) is 0 Å². The largest absolute Gasteiger partial charge is 0.493 e. The molecular weight excluding hydrogens is 349 g/mol. The number of nitrogens with one attached hydrogen (secondary N) is 1. The first-order chi connectivity index (χ1) is 12.0. The Hall–Kier alpha value is -2.73. The minimum Gasteiger partial charge on any atom is -0.493 e. The van der Waals surface area contributed by atoms with Crippen LogP contribution in [0.25, 0.3) is 6.08 Å². The zero-order valence-electron chi connectivity index (χ0n) is 13.9. The van der Waals surface area contributed by atoms with Crippen LogP contribution in [-0.2, 0) is 4.79 Å². The predicted molar refractivity (Wildman–Crippen MR) is 95.2 cm³/mol. The van der Waals surface area contributed by atoms with E-state index in [0.29, 0.717) is 28.5 Å². The third-order valence-electron chi connectivity index (χ3n) is 3.34. The zero-order chi connectivity index (χ0) is 18.4. The van der Waals surface area contributed by atoms with Crippen LogP contribution in [0.2, 0.25) is 5.02 Å². The fourth-order valence-electron chi connectivity index (χ4n) is 2.18. The molecule has 0 aliphatic rings. The smallest absolute Gasteiger partial charge is 0.248 e. The molecule has 5 nitrogen and oxygen atoms in total. The number of halogens is 2. The summed E-state index contributed by atoms with van der Waals surface area (Å²) in [6, 6.07) is 7.37. The molecule has 0 aliphatic heterocycles. The molecule has 2 aromatic rings. The molecule has 0 unspecified atom stereocenters. The molecule has 1 N–H and O–H groups in total. The molecule has 0 atom stereocenters. The van der Waals surface area contributed by atoms with Crippen LogP contribution in [0.15, 0.2) is 36.4 Å². The topological polar surface area (TPSA) is 56.8 Å². The van der Waals surface area contributed by atoms with Gasteiger partial charge in [-0.25, -0.2) is 4.39 Å². The lowest BCUT2D eigenvalue weighted by atomic mass is 10.1. The molecule has 0 radical (unpaired) electrons. The Labute approximate surface area is 150 Å². The lowest BCUT2D eigenvalue weighted by Crippen LogP contribution is -2.07.